The second-order valence-corrected chi connectivity index (χ2v) is 6.98. The van der Waals surface area contributed by atoms with Gasteiger partial charge in [0, 0.05) is 0 Å². The summed E-state index contributed by atoms with van der Waals surface area (Å²) in [6.45, 7) is 1.87. The van der Waals surface area contributed by atoms with Crippen LogP contribution in [0.4, 0.5) is 0 Å². The number of carbonyl (C=O) groups excluding carboxylic acids is 1. The SMILES string of the molecule is Cc1cc(C(=O)N[C@H](CO)Cc2ccccc2)sc1Br. The fourth-order valence-electron chi connectivity index (χ4n) is 1.89. The molecule has 2 N–H and O–H groups in total. The Morgan fingerprint density at radius 1 is 1.40 bits per heavy atom. The summed E-state index contributed by atoms with van der Waals surface area (Å²) in [6, 6.07) is 11.4. The molecular formula is C15H16BrNO2S. The fourth-order valence-corrected chi connectivity index (χ4v) is 3.33. The molecule has 0 aliphatic heterocycles. The predicted molar refractivity (Wildman–Crippen MR) is 85.2 cm³/mol. The molecule has 2 rings (SSSR count). The second-order valence-electron chi connectivity index (χ2n) is 4.61. The van der Waals surface area contributed by atoms with Crippen LogP contribution in [-0.4, -0.2) is 23.7 Å². The Hall–Kier alpha value is -1.17. The Morgan fingerprint density at radius 2 is 2.10 bits per heavy atom. The Labute approximate surface area is 130 Å². The van der Waals surface area contributed by atoms with Gasteiger partial charge in [0.1, 0.15) is 0 Å². The average Bonchev–Trinajstić information content (AvgIpc) is 2.79. The molecule has 0 fully saturated rings. The van der Waals surface area contributed by atoms with Crippen LogP contribution in [0.15, 0.2) is 40.2 Å². The van der Waals surface area contributed by atoms with Crippen LogP contribution in [0, 0.1) is 6.92 Å². The summed E-state index contributed by atoms with van der Waals surface area (Å²) in [4.78, 5) is 12.8. The summed E-state index contributed by atoms with van der Waals surface area (Å²) in [5.41, 5.74) is 2.14. The molecule has 1 aromatic carbocycles. The molecule has 5 heteroatoms. The highest BCUT2D eigenvalue weighted by Gasteiger charge is 2.16. The van der Waals surface area contributed by atoms with Crippen molar-refractivity contribution in [3.63, 3.8) is 0 Å². The first-order valence-corrected chi connectivity index (χ1v) is 7.92. The number of aliphatic hydroxyl groups is 1. The third-order valence-corrected chi connectivity index (χ3v) is 5.10. The fraction of sp³-hybridized carbons (Fsp3) is 0.267. The van der Waals surface area contributed by atoms with E-state index in [0.29, 0.717) is 11.3 Å². The van der Waals surface area contributed by atoms with Crippen LogP contribution < -0.4 is 5.32 Å². The van der Waals surface area contributed by atoms with E-state index in [-0.39, 0.29) is 18.6 Å². The minimum absolute atomic E-state index is 0.0772. The molecular weight excluding hydrogens is 338 g/mol. The van der Waals surface area contributed by atoms with E-state index in [1.807, 2.05) is 43.3 Å². The van der Waals surface area contributed by atoms with Crippen LogP contribution in [0.2, 0.25) is 0 Å². The second kappa shape index (κ2) is 7.02. The summed E-state index contributed by atoms with van der Waals surface area (Å²) in [7, 11) is 0. The first kappa shape index (κ1) is 15.2. The molecule has 1 heterocycles. The topological polar surface area (TPSA) is 49.3 Å². The van der Waals surface area contributed by atoms with Crippen LogP contribution in [-0.2, 0) is 6.42 Å². The number of hydrogen-bond donors (Lipinski definition) is 2. The maximum absolute atomic E-state index is 12.1. The van der Waals surface area contributed by atoms with E-state index in [2.05, 4.69) is 21.2 Å². The number of halogens is 1. The van der Waals surface area contributed by atoms with Crippen molar-refractivity contribution in [3.8, 4) is 0 Å². The van der Waals surface area contributed by atoms with Crippen molar-refractivity contribution >= 4 is 33.2 Å². The van der Waals surface area contributed by atoms with E-state index >= 15 is 0 Å². The number of rotatable bonds is 5. The van der Waals surface area contributed by atoms with Gasteiger partial charge in [0.2, 0.25) is 0 Å². The van der Waals surface area contributed by atoms with Crippen molar-refractivity contribution in [2.75, 3.05) is 6.61 Å². The van der Waals surface area contributed by atoms with Gasteiger partial charge in [-0.15, -0.1) is 11.3 Å². The van der Waals surface area contributed by atoms with Gasteiger partial charge in [0.05, 0.1) is 21.3 Å². The van der Waals surface area contributed by atoms with Crippen molar-refractivity contribution in [1.82, 2.24) is 5.32 Å². The Morgan fingerprint density at radius 3 is 2.65 bits per heavy atom. The highest BCUT2D eigenvalue weighted by Crippen LogP contribution is 2.27. The summed E-state index contributed by atoms with van der Waals surface area (Å²) in [6.07, 6.45) is 0.620. The summed E-state index contributed by atoms with van der Waals surface area (Å²) < 4.78 is 0.964. The smallest absolute Gasteiger partial charge is 0.261 e. The van der Waals surface area contributed by atoms with Crippen molar-refractivity contribution in [2.45, 2.75) is 19.4 Å². The average molecular weight is 354 g/mol. The van der Waals surface area contributed by atoms with Crippen LogP contribution in [0.5, 0.6) is 0 Å². The zero-order valence-electron chi connectivity index (χ0n) is 11.1. The number of aryl methyl sites for hydroxylation is 1. The molecule has 0 saturated carbocycles. The Bertz CT molecular complexity index is 563. The van der Waals surface area contributed by atoms with E-state index in [0.717, 1.165) is 14.9 Å². The Kier molecular flexibility index (Phi) is 5.34. The van der Waals surface area contributed by atoms with Gasteiger partial charge in [-0.05, 0) is 46.5 Å². The van der Waals surface area contributed by atoms with Gasteiger partial charge < -0.3 is 10.4 Å². The molecule has 0 spiro atoms. The van der Waals surface area contributed by atoms with Gasteiger partial charge in [-0.25, -0.2) is 0 Å². The minimum Gasteiger partial charge on any atom is -0.394 e. The van der Waals surface area contributed by atoms with E-state index in [9.17, 15) is 9.90 Å². The third kappa shape index (κ3) is 3.91. The maximum atomic E-state index is 12.1. The molecule has 1 amide bonds. The highest BCUT2D eigenvalue weighted by molar-refractivity contribution is 9.11. The monoisotopic (exact) mass is 353 g/mol. The van der Waals surface area contributed by atoms with Crippen molar-refractivity contribution < 1.29 is 9.90 Å². The van der Waals surface area contributed by atoms with Crippen LogP contribution in [0.1, 0.15) is 20.8 Å². The number of carbonyl (C=O) groups is 1. The summed E-state index contributed by atoms with van der Waals surface area (Å²) >= 11 is 4.81. The lowest BCUT2D eigenvalue weighted by molar-refractivity contribution is 0.0920. The Balaban J connectivity index is 2.01. The molecule has 0 unspecified atom stereocenters. The minimum atomic E-state index is -0.272. The molecule has 0 aliphatic rings. The lowest BCUT2D eigenvalue weighted by atomic mass is 10.1. The number of thiophene rings is 1. The summed E-state index contributed by atoms with van der Waals surface area (Å²) in [5, 5.41) is 12.3. The van der Waals surface area contributed by atoms with Crippen LogP contribution in [0.3, 0.4) is 0 Å². The third-order valence-electron chi connectivity index (χ3n) is 2.96. The molecule has 0 radical (unpaired) electrons. The van der Waals surface area contributed by atoms with Gasteiger partial charge in [0.15, 0.2) is 0 Å². The first-order valence-electron chi connectivity index (χ1n) is 6.31. The normalized spacial score (nSPS) is 12.2. The molecule has 1 atom stereocenters. The van der Waals surface area contributed by atoms with Crippen molar-refractivity contribution in [2.24, 2.45) is 0 Å². The lowest BCUT2D eigenvalue weighted by Crippen LogP contribution is -2.38. The number of benzene rings is 1. The van der Waals surface area contributed by atoms with Gasteiger partial charge in [-0.2, -0.15) is 0 Å². The molecule has 1 aromatic heterocycles. The summed E-state index contributed by atoms with van der Waals surface area (Å²) in [5.74, 6) is -0.140. The lowest BCUT2D eigenvalue weighted by Gasteiger charge is -2.15. The molecule has 106 valence electrons. The zero-order chi connectivity index (χ0) is 14.5. The number of nitrogens with one attached hydrogen (secondary N) is 1. The molecule has 20 heavy (non-hydrogen) atoms. The van der Waals surface area contributed by atoms with E-state index < -0.39 is 0 Å². The van der Waals surface area contributed by atoms with Gasteiger partial charge in [-0.3, -0.25) is 4.79 Å². The predicted octanol–water partition coefficient (Wildman–Crippen LogP) is 3.15. The van der Waals surface area contributed by atoms with Crippen molar-refractivity contribution in [1.29, 1.82) is 0 Å². The largest absolute Gasteiger partial charge is 0.394 e. The van der Waals surface area contributed by atoms with Crippen LogP contribution >= 0.6 is 27.3 Å². The maximum Gasteiger partial charge on any atom is 0.261 e. The number of amides is 1. The first-order chi connectivity index (χ1) is 9.60. The van der Waals surface area contributed by atoms with Gasteiger partial charge in [-0.1, -0.05) is 30.3 Å². The van der Waals surface area contributed by atoms with E-state index in [4.69, 9.17) is 0 Å². The number of aliphatic hydroxyl groups excluding tert-OH is 1. The molecule has 0 bridgehead atoms. The standard InChI is InChI=1S/C15H16BrNO2S/c1-10-7-13(20-14(10)16)15(19)17-12(9-18)8-11-5-3-2-4-6-11/h2-7,12,18H,8-9H2,1H3,(H,17,19)/t12-/m0/s1. The van der Waals surface area contributed by atoms with Gasteiger partial charge in [0.25, 0.3) is 5.91 Å². The zero-order valence-corrected chi connectivity index (χ0v) is 13.5. The van der Waals surface area contributed by atoms with Crippen molar-refractivity contribution in [3.05, 3.63) is 56.2 Å². The molecule has 0 saturated heterocycles. The highest BCUT2D eigenvalue weighted by atomic mass is 79.9. The van der Waals surface area contributed by atoms with E-state index in [1.54, 1.807) is 0 Å². The molecule has 3 nitrogen and oxygen atoms in total. The molecule has 0 aliphatic carbocycles. The van der Waals surface area contributed by atoms with E-state index in [1.165, 1.54) is 11.3 Å². The number of hydrogen-bond acceptors (Lipinski definition) is 3. The quantitative estimate of drug-likeness (QED) is 0.867. The van der Waals surface area contributed by atoms with Crippen LogP contribution in [0.25, 0.3) is 0 Å². The van der Waals surface area contributed by atoms with Gasteiger partial charge >= 0.3 is 0 Å². The molecule has 2 aromatic rings.